The molecule has 0 saturated heterocycles. The maximum atomic E-state index is 13.6. The van der Waals surface area contributed by atoms with Crippen molar-refractivity contribution in [2.24, 2.45) is 0 Å². The van der Waals surface area contributed by atoms with Gasteiger partial charge < -0.3 is 9.88 Å². The Morgan fingerprint density at radius 1 is 1.00 bits per heavy atom. The van der Waals surface area contributed by atoms with Gasteiger partial charge in [0.15, 0.2) is 5.52 Å². The molecule has 0 saturated carbocycles. The van der Waals surface area contributed by atoms with Gasteiger partial charge >= 0.3 is 6.18 Å². The molecule has 7 nitrogen and oxygen atoms in total. The number of alkyl halides is 3. The van der Waals surface area contributed by atoms with E-state index in [1.54, 1.807) is 41.0 Å². The van der Waals surface area contributed by atoms with Crippen LogP contribution in [0.1, 0.15) is 24.0 Å². The number of nitrogens with one attached hydrogen (secondary N) is 1. The van der Waals surface area contributed by atoms with E-state index in [0.717, 1.165) is 11.1 Å². The average Bonchev–Trinajstić information content (AvgIpc) is 3.40. The Kier molecular flexibility index (Phi) is 5.74. The van der Waals surface area contributed by atoms with Crippen molar-refractivity contribution in [1.82, 2.24) is 14.9 Å². The Hall–Kier alpha value is -4.21. The summed E-state index contributed by atoms with van der Waals surface area (Å²) < 4.78 is 40.8. The fraction of sp³-hybridized carbons (Fsp3) is 0.231. The van der Waals surface area contributed by atoms with Gasteiger partial charge in [0.05, 0.1) is 16.8 Å². The summed E-state index contributed by atoms with van der Waals surface area (Å²) in [7, 11) is 0. The molecule has 0 fully saturated rings. The number of fused-ring (bicyclic) bond motifs is 4. The fourth-order valence-corrected chi connectivity index (χ4v) is 5.20. The van der Waals surface area contributed by atoms with Crippen molar-refractivity contribution in [3.8, 4) is 11.1 Å². The van der Waals surface area contributed by atoms with Gasteiger partial charge in [0.25, 0.3) is 5.69 Å². The van der Waals surface area contributed by atoms with Crippen molar-refractivity contribution in [3.05, 3.63) is 94.3 Å². The highest BCUT2D eigenvalue weighted by Gasteiger charge is 2.49. The molecular formula is C26H21F3N4O3. The molecule has 5 rings (SSSR count). The summed E-state index contributed by atoms with van der Waals surface area (Å²) in [6, 6.07) is 19.2. The Balaban J connectivity index is 1.51. The van der Waals surface area contributed by atoms with E-state index in [9.17, 15) is 28.1 Å². The summed E-state index contributed by atoms with van der Waals surface area (Å²) in [6.45, 7) is -1.05. The number of hydrogen-bond donors (Lipinski definition) is 1. The summed E-state index contributed by atoms with van der Waals surface area (Å²) in [5.41, 5.74) is 2.39. The highest BCUT2D eigenvalue weighted by Crippen LogP contribution is 2.51. The van der Waals surface area contributed by atoms with Crippen LogP contribution in [0, 0.1) is 10.1 Å². The first-order chi connectivity index (χ1) is 17.2. The predicted molar refractivity (Wildman–Crippen MR) is 127 cm³/mol. The van der Waals surface area contributed by atoms with Crippen molar-refractivity contribution in [3.63, 3.8) is 0 Å². The van der Waals surface area contributed by atoms with Crippen LogP contribution in [0.3, 0.4) is 0 Å². The first-order valence-corrected chi connectivity index (χ1v) is 11.3. The van der Waals surface area contributed by atoms with Crippen molar-refractivity contribution < 1.29 is 22.9 Å². The maximum absolute atomic E-state index is 13.6. The van der Waals surface area contributed by atoms with E-state index in [4.69, 9.17) is 0 Å². The molecule has 1 aliphatic rings. The van der Waals surface area contributed by atoms with E-state index >= 15 is 0 Å². The van der Waals surface area contributed by atoms with Crippen LogP contribution in [0.4, 0.5) is 18.9 Å². The largest absolute Gasteiger partial charge is 0.405 e. The molecule has 0 unspecified atom stereocenters. The molecule has 36 heavy (non-hydrogen) atoms. The number of benzene rings is 3. The maximum Gasteiger partial charge on any atom is 0.405 e. The normalized spacial score (nSPS) is 13.9. The summed E-state index contributed by atoms with van der Waals surface area (Å²) >= 11 is 0. The second kappa shape index (κ2) is 8.78. The number of nitro groups is 1. The third kappa shape index (κ3) is 3.88. The molecule has 0 aliphatic heterocycles. The first-order valence-electron chi connectivity index (χ1n) is 11.3. The number of carbonyl (C=O) groups excluding carboxylic acids is 1. The third-order valence-electron chi connectivity index (χ3n) is 6.68. The zero-order chi connectivity index (χ0) is 25.5. The summed E-state index contributed by atoms with van der Waals surface area (Å²) in [6.07, 6.45) is -2.39. The molecule has 184 valence electrons. The number of nitrogens with zero attached hydrogens (tertiary/aromatic N) is 3. The molecule has 1 aliphatic carbocycles. The fourth-order valence-electron chi connectivity index (χ4n) is 5.20. The highest BCUT2D eigenvalue weighted by atomic mass is 19.4. The first kappa shape index (κ1) is 23.5. The van der Waals surface area contributed by atoms with E-state index in [-0.39, 0.29) is 17.6 Å². The number of carbonyl (C=O) groups is 1. The van der Waals surface area contributed by atoms with Crippen LogP contribution in [-0.4, -0.2) is 33.1 Å². The van der Waals surface area contributed by atoms with Gasteiger partial charge in [0.2, 0.25) is 5.91 Å². The van der Waals surface area contributed by atoms with Gasteiger partial charge in [-0.1, -0.05) is 54.6 Å². The number of para-hydroxylation sites is 1. The lowest BCUT2D eigenvalue weighted by Gasteiger charge is -2.31. The Morgan fingerprint density at radius 3 is 2.25 bits per heavy atom. The minimum absolute atomic E-state index is 0.104. The zero-order valence-corrected chi connectivity index (χ0v) is 19.0. The molecule has 3 aromatic carbocycles. The van der Waals surface area contributed by atoms with Crippen LogP contribution in [0.15, 0.2) is 73.1 Å². The van der Waals surface area contributed by atoms with E-state index in [1.807, 2.05) is 24.3 Å². The van der Waals surface area contributed by atoms with Crippen LogP contribution in [0.5, 0.6) is 0 Å². The monoisotopic (exact) mass is 494 g/mol. The zero-order valence-electron chi connectivity index (χ0n) is 19.0. The molecule has 0 bridgehead atoms. The third-order valence-corrected chi connectivity index (χ3v) is 6.68. The van der Waals surface area contributed by atoms with Crippen LogP contribution in [0.25, 0.3) is 22.2 Å². The number of aromatic nitrogens is 2. The van der Waals surface area contributed by atoms with Crippen molar-refractivity contribution in [2.45, 2.75) is 31.0 Å². The van der Waals surface area contributed by atoms with E-state index in [2.05, 4.69) is 10.3 Å². The number of amides is 1. The van der Waals surface area contributed by atoms with Crippen molar-refractivity contribution in [2.75, 3.05) is 6.54 Å². The van der Waals surface area contributed by atoms with Gasteiger partial charge in [-0.25, -0.2) is 4.98 Å². The summed E-state index contributed by atoms with van der Waals surface area (Å²) in [5, 5.41) is 13.4. The lowest BCUT2D eigenvalue weighted by Crippen LogP contribution is -2.47. The molecule has 1 heterocycles. The molecule has 1 amide bonds. The Labute approximate surface area is 203 Å². The van der Waals surface area contributed by atoms with Crippen LogP contribution < -0.4 is 5.32 Å². The van der Waals surface area contributed by atoms with Gasteiger partial charge in [0.1, 0.15) is 12.0 Å². The number of non-ortho nitro benzene ring substituents is 1. The Morgan fingerprint density at radius 2 is 1.64 bits per heavy atom. The SMILES string of the molecule is O=C(NCC(F)(F)F)C1(CCCn2cnc3c([N+](=O)[O-])cccc32)c2ccccc2-c2ccccc21. The molecule has 10 heteroatoms. The smallest absolute Gasteiger partial charge is 0.346 e. The highest BCUT2D eigenvalue weighted by molar-refractivity contribution is 6.00. The second-order valence-electron chi connectivity index (χ2n) is 8.74. The molecular weight excluding hydrogens is 473 g/mol. The van der Waals surface area contributed by atoms with Crippen LogP contribution >= 0.6 is 0 Å². The topological polar surface area (TPSA) is 90.1 Å². The lowest BCUT2D eigenvalue weighted by atomic mass is 9.73. The number of hydrogen-bond acceptors (Lipinski definition) is 4. The van der Waals surface area contributed by atoms with Crippen molar-refractivity contribution >= 4 is 22.6 Å². The van der Waals surface area contributed by atoms with Crippen LogP contribution in [0.2, 0.25) is 0 Å². The van der Waals surface area contributed by atoms with Gasteiger partial charge in [-0.3, -0.25) is 14.9 Å². The standard InChI is InChI=1S/C26H21F3N4O3/c27-26(28,29)15-30-24(34)25(19-9-3-1-7-17(19)18-8-2-4-10-20(18)25)13-6-14-32-16-31-23-21(32)11-5-12-22(23)33(35)36/h1-5,7-12,16H,6,13-15H2,(H,30,34). The van der Waals surface area contributed by atoms with Gasteiger partial charge in [0, 0.05) is 12.6 Å². The summed E-state index contributed by atoms with van der Waals surface area (Å²) in [5.74, 6) is -0.705. The van der Waals surface area contributed by atoms with E-state index < -0.39 is 29.0 Å². The molecule has 0 radical (unpaired) electrons. The number of rotatable bonds is 7. The van der Waals surface area contributed by atoms with Crippen molar-refractivity contribution in [1.29, 1.82) is 0 Å². The molecule has 1 N–H and O–H groups in total. The number of imidazole rings is 1. The van der Waals surface area contributed by atoms with E-state index in [1.165, 1.54) is 12.4 Å². The van der Waals surface area contributed by atoms with E-state index in [0.29, 0.717) is 29.6 Å². The second-order valence-corrected chi connectivity index (χ2v) is 8.74. The van der Waals surface area contributed by atoms with Crippen LogP contribution in [-0.2, 0) is 16.8 Å². The van der Waals surface area contributed by atoms with Gasteiger partial charge in [-0.15, -0.1) is 0 Å². The lowest BCUT2D eigenvalue weighted by molar-refractivity contribution is -0.383. The minimum atomic E-state index is -4.54. The predicted octanol–water partition coefficient (Wildman–Crippen LogP) is 5.37. The number of halogens is 3. The molecule has 4 aromatic rings. The minimum Gasteiger partial charge on any atom is -0.346 e. The van der Waals surface area contributed by atoms with Gasteiger partial charge in [-0.2, -0.15) is 13.2 Å². The molecule has 1 aromatic heterocycles. The molecule has 0 spiro atoms. The number of aryl methyl sites for hydroxylation is 1. The molecule has 0 atom stereocenters. The summed E-state index contributed by atoms with van der Waals surface area (Å²) in [4.78, 5) is 28.6. The quantitative estimate of drug-likeness (QED) is 0.276. The van der Waals surface area contributed by atoms with Gasteiger partial charge in [-0.05, 0) is 41.2 Å². The average molecular weight is 494 g/mol. The number of nitro benzene ring substituents is 1. The Bertz CT molecular complexity index is 1430.